The Morgan fingerprint density at radius 3 is 2.50 bits per heavy atom. The second kappa shape index (κ2) is 6.83. The number of carbonyl (C=O) groups is 2. The van der Waals surface area contributed by atoms with Crippen LogP contribution in [0.15, 0.2) is 12.1 Å². The average molecular weight is 338 g/mol. The lowest BCUT2D eigenvalue weighted by Gasteiger charge is -2.33. The molecule has 2 rings (SSSR count). The summed E-state index contributed by atoms with van der Waals surface area (Å²) in [5.41, 5.74) is -1.45. The van der Waals surface area contributed by atoms with Crippen LogP contribution in [0.25, 0.3) is 0 Å². The Balaban J connectivity index is 2.37. The van der Waals surface area contributed by atoms with Crippen LogP contribution in [0.4, 0.5) is 5.69 Å². The Bertz CT molecular complexity index is 681. The fourth-order valence-electron chi connectivity index (χ4n) is 2.61. The predicted octanol–water partition coefficient (Wildman–Crippen LogP) is 1.28. The first-order chi connectivity index (χ1) is 11.3. The van der Waals surface area contributed by atoms with Gasteiger partial charge in [-0.25, -0.2) is 4.79 Å². The van der Waals surface area contributed by atoms with Gasteiger partial charge in [0.05, 0.1) is 17.6 Å². The molecule has 0 bridgehead atoms. The summed E-state index contributed by atoms with van der Waals surface area (Å²) in [7, 11) is 1.34. The van der Waals surface area contributed by atoms with E-state index in [4.69, 9.17) is 9.47 Å². The van der Waals surface area contributed by atoms with Crippen LogP contribution in [-0.4, -0.2) is 47.8 Å². The van der Waals surface area contributed by atoms with E-state index >= 15 is 0 Å². The molecule has 0 spiro atoms. The summed E-state index contributed by atoms with van der Waals surface area (Å²) < 4.78 is 10.2. The van der Waals surface area contributed by atoms with E-state index in [0.29, 0.717) is 0 Å². The first-order valence-corrected chi connectivity index (χ1v) is 7.27. The van der Waals surface area contributed by atoms with Crippen LogP contribution in [0.3, 0.4) is 0 Å². The maximum absolute atomic E-state index is 12.5. The molecule has 1 aliphatic rings. The lowest BCUT2D eigenvalue weighted by Crippen LogP contribution is -2.57. The third kappa shape index (κ3) is 3.30. The Kier molecular flexibility index (Phi) is 5.03. The SMILES string of the molecule is COc1cc(C(=O)NC2(C(=O)O)CCOCC2)cc([N+](=O)[O-])c1C. The zero-order valence-corrected chi connectivity index (χ0v) is 13.3. The Labute approximate surface area is 137 Å². The first kappa shape index (κ1) is 17.7. The van der Waals surface area contributed by atoms with Crippen molar-refractivity contribution in [2.45, 2.75) is 25.3 Å². The molecule has 1 aromatic rings. The number of nitro benzene ring substituents is 1. The number of carboxylic acid groups (broad SMARTS) is 1. The van der Waals surface area contributed by atoms with Gasteiger partial charge in [-0.1, -0.05) is 0 Å². The maximum atomic E-state index is 12.5. The van der Waals surface area contributed by atoms with Gasteiger partial charge >= 0.3 is 5.97 Å². The smallest absolute Gasteiger partial charge is 0.329 e. The van der Waals surface area contributed by atoms with Gasteiger partial charge in [-0.15, -0.1) is 0 Å². The molecule has 1 fully saturated rings. The van der Waals surface area contributed by atoms with Gasteiger partial charge in [-0.05, 0) is 13.0 Å². The minimum Gasteiger partial charge on any atom is -0.496 e. The van der Waals surface area contributed by atoms with E-state index < -0.39 is 22.3 Å². The largest absolute Gasteiger partial charge is 0.496 e. The van der Waals surface area contributed by atoms with Gasteiger partial charge in [-0.3, -0.25) is 14.9 Å². The summed E-state index contributed by atoms with van der Waals surface area (Å²) in [6.45, 7) is 1.93. The van der Waals surface area contributed by atoms with Crippen LogP contribution in [-0.2, 0) is 9.53 Å². The molecular weight excluding hydrogens is 320 g/mol. The summed E-state index contributed by atoms with van der Waals surface area (Å²) in [4.78, 5) is 34.6. The third-order valence-corrected chi connectivity index (χ3v) is 4.12. The van der Waals surface area contributed by atoms with Crippen LogP contribution >= 0.6 is 0 Å². The maximum Gasteiger partial charge on any atom is 0.329 e. The number of nitro groups is 1. The average Bonchev–Trinajstić information content (AvgIpc) is 2.55. The van der Waals surface area contributed by atoms with Crippen molar-refractivity contribution in [1.29, 1.82) is 0 Å². The van der Waals surface area contributed by atoms with E-state index in [9.17, 15) is 24.8 Å². The molecule has 2 N–H and O–H groups in total. The van der Waals surface area contributed by atoms with Crippen molar-refractivity contribution in [3.8, 4) is 5.75 Å². The standard InChI is InChI=1S/C15H18N2O7/c1-9-11(17(21)22)7-10(8-12(9)23-2)13(18)16-15(14(19)20)3-5-24-6-4-15/h7-8H,3-6H2,1-2H3,(H,16,18)(H,19,20). The molecule has 0 aliphatic carbocycles. The monoisotopic (exact) mass is 338 g/mol. The number of aliphatic carboxylic acids is 1. The molecule has 1 aliphatic heterocycles. The highest BCUT2D eigenvalue weighted by atomic mass is 16.6. The molecular formula is C15H18N2O7. The van der Waals surface area contributed by atoms with Crippen molar-refractivity contribution >= 4 is 17.6 Å². The molecule has 9 heteroatoms. The van der Waals surface area contributed by atoms with Crippen molar-refractivity contribution in [1.82, 2.24) is 5.32 Å². The number of ether oxygens (including phenoxy) is 2. The van der Waals surface area contributed by atoms with E-state index in [0.717, 1.165) is 6.07 Å². The lowest BCUT2D eigenvalue weighted by molar-refractivity contribution is -0.385. The van der Waals surface area contributed by atoms with Crippen molar-refractivity contribution in [2.24, 2.45) is 0 Å². The minimum atomic E-state index is -1.44. The number of rotatable bonds is 5. The molecule has 0 unspecified atom stereocenters. The van der Waals surface area contributed by atoms with Crippen LogP contribution in [0.1, 0.15) is 28.8 Å². The Morgan fingerprint density at radius 1 is 1.38 bits per heavy atom. The molecule has 1 aromatic carbocycles. The fourth-order valence-corrected chi connectivity index (χ4v) is 2.61. The highest BCUT2D eigenvalue weighted by molar-refractivity contribution is 5.99. The Morgan fingerprint density at radius 2 is 2.00 bits per heavy atom. The number of hydrogen-bond donors (Lipinski definition) is 2. The summed E-state index contributed by atoms with van der Waals surface area (Å²) >= 11 is 0. The van der Waals surface area contributed by atoms with Crippen LogP contribution in [0.5, 0.6) is 5.75 Å². The topological polar surface area (TPSA) is 128 Å². The third-order valence-electron chi connectivity index (χ3n) is 4.12. The minimum absolute atomic E-state index is 0.0312. The van der Waals surface area contributed by atoms with E-state index in [2.05, 4.69) is 5.32 Å². The van der Waals surface area contributed by atoms with Crippen molar-refractivity contribution in [3.05, 3.63) is 33.4 Å². The predicted molar refractivity (Wildman–Crippen MR) is 82.3 cm³/mol. The number of nitrogens with zero attached hydrogens (tertiary/aromatic N) is 1. The molecule has 0 aromatic heterocycles. The quantitative estimate of drug-likeness (QED) is 0.611. The normalized spacial score (nSPS) is 16.2. The lowest BCUT2D eigenvalue weighted by atomic mass is 9.89. The first-order valence-electron chi connectivity index (χ1n) is 7.27. The number of benzene rings is 1. The molecule has 0 atom stereocenters. The second-order valence-corrected chi connectivity index (χ2v) is 5.53. The number of hydrogen-bond acceptors (Lipinski definition) is 6. The molecule has 1 amide bonds. The molecule has 1 heterocycles. The number of carboxylic acids is 1. The van der Waals surface area contributed by atoms with Crippen LogP contribution < -0.4 is 10.1 Å². The highest BCUT2D eigenvalue weighted by Gasteiger charge is 2.42. The molecule has 0 radical (unpaired) electrons. The number of carbonyl (C=O) groups excluding carboxylic acids is 1. The van der Waals surface area contributed by atoms with Crippen molar-refractivity contribution in [2.75, 3.05) is 20.3 Å². The fraction of sp³-hybridized carbons (Fsp3) is 0.467. The van der Waals surface area contributed by atoms with Gasteiger partial charge in [0.25, 0.3) is 11.6 Å². The highest BCUT2D eigenvalue weighted by Crippen LogP contribution is 2.30. The zero-order chi connectivity index (χ0) is 17.9. The summed E-state index contributed by atoms with van der Waals surface area (Å²) in [5.74, 6) is -1.68. The van der Waals surface area contributed by atoms with E-state index in [1.165, 1.54) is 20.1 Å². The molecule has 24 heavy (non-hydrogen) atoms. The van der Waals surface area contributed by atoms with E-state index in [-0.39, 0.29) is 48.6 Å². The number of nitrogens with one attached hydrogen (secondary N) is 1. The van der Waals surface area contributed by atoms with Gasteiger partial charge in [0.2, 0.25) is 0 Å². The molecule has 9 nitrogen and oxygen atoms in total. The summed E-state index contributed by atoms with van der Waals surface area (Å²) in [6.07, 6.45) is 0.248. The van der Waals surface area contributed by atoms with Crippen LogP contribution in [0.2, 0.25) is 0 Å². The van der Waals surface area contributed by atoms with E-state index in [1.54, 1.807) is 0 Å². The molecule has 1 saturated heterocycles. The Hall–Kier alpha value is -2.68. The molecule has 130 valence electrons. The van der Waals surface area contributed by atoms with Crippen molar-refractivity contribution in [3.63, 3.8) is 0 Å². The van der Waals surface area contributed by atoms with Crippen molar-refractivity contribution < 1.29 is 29.1 Å². The number of methoxy groups -OCH3 is 1. The second-order valence-electron chi connectivity index (χ2n) is 5.53. The summed E-state index contributed by atoms with van der Waals surface area (Å²) in [6, 6.07) is 2.47. The number of amides is 1. The van der Waals surface area contributed by atoms with Gasteiger partial charge in [0.15, 0.2) is 0 Å². The van der Waals surface area contributed by atoms with E-state index in [1.807, 2.05) is 0 Å². The van der Waals surface area contributed by atoms with Crippen LogP contribution in [0, 0.1) is 17.0 Å². The van der Waals surface area contributed by atoms with Gasteiger partial charge in [0, 0.05) is 37.7 Å². The molecule has 0 saturated carbocycles. The summed E-state index contributed by atoms with van der Waals surface area (Å²) in [5, 5.41) is 23.1. The van der Waals surface area contributed by atoms with Gasteiger partial charge < -0.3 is 19.9 Å². The van der Waals surface area contributed by atoms with Gasteiger partial charge in [-0.2, -0.15) is 0 Å². The zero-order valence-electron chi connectivity index (χ0n) is 13.3. The van der Waals surface area contributed by atoms with Gasteiger partial charge in [0.1, 0.15) is 11.3 Å².